The van der Waals surface area contributed by atoms with Gasteiger partial charge >= 0.3 is 6.18 Å². The van der Waals surface area contributed by atoms with Gasteiger partial charge in [0.15, 0.2) is 5.76 Å². The molecule has 0 bridgehead atoms. The van der Waals surface area contributed by atoms with Gasteiger partial charge in [-0.2, -0.15) is 13.2 Å². The van der Waals surface area contributed by atoms with Crippen molar-refractivity contribution in [2.45, 2.75) is 6.18 Å². The fourth-order valence-electron chi connectivity index (χ4n) is 2.22. The number of ketones is 1. The fourth-order valence-corrected chi connectivity index (χ4v) is 2.39. The molecule has 0 atom stereocenters. The van der Waals surface area contributed by atoms with E-state index in [1.54, 1.807) is 0 Å². The van der Waals surface area contributed by atoms with Crippen LogP contribution in [0.15, 0.2) is 42.2 Å². The van der Waals surface area contributed by atoms with Crippen LogP contribution in [0.5, 0.6) is 11.5 Å². The van der Waals surface area contributed by atoms with E-state index in [1.807, 2.05) is 0 Å². The molecule has 0 aliphatic carbocycles. The molecule has 7 heteroatoms. The number of Topliss-reactive ketones (excluding diaryl/α,β-unsaturated/α-hetero) is 1. The third-order valence-corrected chi connectivity index (χ3v) is 3.50. The number of allylic oxidation sites excluding steroid dienone is 1. The van der Waals surface area contributed by atoms with Crippen molar-refractivity contribution in [2.75, 3.05) is 0 Å². The number of ether oxygens (including phenoxy) is 1. The largest absolute Gasteiger partial charge is 0.508 e. The monoisotopic (exact) mass is 340 g/mol. The molecule has 118 valence electrons. The van der Waals surface area contributed by atoms with Gasteiger partial charge in [-0.3, -0.25) is 4.79 Å². The number of hydrogen-bond donors (Lipinski definition) is 1. The molecule has 1 aliphatic heterocycles. The van der Waals surface area contributed by atoms with E-state index in [0.29, 0.717) is 0 Å². The molecule has 0 spiro atoms. The second-order valence-corrected chi connectivity index (χ2v) is 5.29. The Morgan fingerprint density at radius 3 is 2.57 bits per heavy atom. The molecule has 0 fully saturated rings. The molecule has 1 N–H and O–H groups in total. The summed E-state index contributed by atoms with van der Waals surface area (Å²) in [7, 11) is 0. The first-order valence-electron chi connectivity index (χ1n) is 6.40. The van der Waals surface area contributed by atoms with Crippen LogP contribution in [0.1, 0.15) is 21.5 Å². The molecule has 0 saturated carbocycles. The van der Waals surface area contributed by atoms with Crippen molar-refractivity contribution < 1.29 is 27.8 Å². The molecule has 23 heavy (non-hydrogen) atoms. The Morgan fingerprint density at radius 2 is 1.87 bits per heavy atom. The number of carbonyl (C=O) groups is 1. The van der Waals surface area contributed by atoms with E-state index < -0.39 is 17.5 Å². The van der Waals surface area contributed by atoms with Crippen molar-refractivity contribution in [3.8, 4) is 11.5 Å². The van der Waals surface area contributed by atoms with Crippen molar-refractivity contribution in [3.05, 3.63) is 63.9 Å². The topological polar surface area (TPSA) is 46.5 Å². The van der Waals surface area contributed by atoms with E-state index in [0.717, 1.165) is 18.2 Å². The van der Waals surface area contributed by atoms with Crippen molar-refractivity contribution in [3.63, 3.8) is 0 Å². The lowest BCUT2D eigenvalue weighted by molar-refractivity contribution is -0.137. The molecule has 2 aromatic carbocycles. The molecule has 3 rings (SSSR count). The summed E-state index contributed by atoms with van der Waals surface area (Å²) in [5, 5.41) is 9.30. The minimum absolute atomic E-state index is 0.0636. The van der Waals surface area contributed by atoms with Crippen molar-refractivity contribution in [1.82, 2.24) is 0 Å². The SMILES string of the molecule is O=C1C(=Cc2ccc(Cl)cc2C(F)(F)F)Oc2cc(O)ccc21. The Morgan fingerprint density at radius 1 is 1.13 bits per heavy atom. The number of hydrogen-bond acceptors (Lipinski definition) is 3. The lowest BCUT2D eigenvalue weighted by atomic mass is 10.0. The maximum absolute atomic E-state index is 13.1. The van der Waals surface area contributed by atoms with E-state index in [9.17, 15) is 23.1 Å². The Labute approximate surface area is 133 Å². The lowest BCUT2D eigenvalue weighted by Gasteiger charge is -2.11. The van der Waals surface area contributed by atoms with Gasteiger partial charge in [-0.1, -0.05) is 17.7 Å². The molecule has 0 aromatic heterocycles. The summed E-state index contributed by atoms with van der Waals surface area (Å²) < 4.78 is 44.5. The summed E-state index contributed by atoms with van der Waals surface area (Å²) in [6, 6.07) is 7.11. The zero-order valence-corrected chi connectivity index (χ0v) is 12.1. The van der Waals surface area contributed by atoms with Gasteiger partial charge in [0.05, 0.1) is 11.1 Å². The zero-order valence-electron chi connectivity index (χ0n) is 11.3. The second kappa shape index (κ2) is 5.31. The quantitative estimate of drug-likeness (QED) is 0.767. The highest BCUT2D eigenvalue weighted by atomic mass is 35.5. The Hall–Kier alpha value is -2.47. The Bertz CT molecular complexity index is 841. The number of benzene rings is 2. The summed E-state index contributed by atoms with van der Waals surface area (Å²) in [5.74, 6) is -0.814. The first-order chi connectivity index (χ1) is 10.8. The first-order valence-corrected chi connectivity index (χ1v) is 6.77. The normalized spacial score (nSPS) is 15.7. The molecule has 1 heterocycles. The third kappa shape index (κ3) is 2.90. The predicted octanol–water partition coefficient (Wildman–Crippen LogP) is 4.68. The second-order valence-electron chi connectivity index (χ2n) is 4.85. The highest BCUT2D eigenvalue weighted by Gasteiger charge is 2.34. The van der Waals surface area contributed by atoms with Crippen LogP contribution in [-0.2, 0) is 6.18 Å². The smallest absolute Gasteiger partial charge is 0.417 e. The van der Waals surface area contributed by atoms with Crippen LogP contribution in [0.4, 0.5) is 13.2 Å². The van der Waals surface area contributed by atoms with E-state index >= 15 is 0 Å². The highest BCUT2D eigenvalue weighted by molar-refractivity contribution is 6.30. The van der Waals surface area contributed by atoms with Crippen molar-refractivity contribution in [2.24, 2.45) is 0 Å². The number of alkyl halides is 3. The van der Waals surface area contributed by atoms with Crippen LogP contribution in [0, 0.1) is 0 Å². The molecule has 0 radical (unpaired) electrons. The van der Waals surface area contributed by atoms with Gasteiger partial charge in [-0.25, -0.2) is 0 Å². The third-order valence-electron chi connectivity index (χ3n) is 3.26. The zero-order chi connectivity index (χ0) is 16.8. The van der Waals surface area contributed by atoms with Crippen molar-refractivity contribution in [1.29, 1.82) is 0 Å². The predicted molar refractivity (Wildman–Crippen MR) is 77.5 cm³/mol. The molecule has 0 saturated heterocycles. The first kappa shape index (κ1) is 15.4. The van der Waals surface area contributed by atoms with Crippen LogP contribution < -0.4 is 4.74 Å². The number of carbonyl (C=O) groups excluding carboxylic acids is 1. The average Bonchev–Trinajstić information content (AvgIpc) is 2.75. The minimum Gasteiger partial charge on any atom is -0.508 e. The molecule has 2 aromatic rings. The van der Waals surface area contributed by atoms with Crippen LogP contribution in [0.3, 0.4) is 0 Å². The number of aromatic hydroxyl groups is 1. The molecular formula is C16H8ClF3O3. The molecule has 0 unspecified atom stereocenters. The van der Waals surface area contributed by atoms with Gasteiger partial charge in [0.2, 0.25) is 5.78 Å². The number of fused-ring (bicyclic) bond motifs is 1. The molecule has 0 amide bonds. The maximum atomic E-state index is 13.1. The van der Waals surface area contributed by atoms with Crippen LogP contribution in [0.25, 0.3) is 6.08 Å². The summed E-state index contributed by atoms with van der Waals surface area (Å²) >= 11 is 5.61. The van der Waals surface area contributed by atoms with Crippen molar-refractivity contribution >= 4 is 23.5 Å². The summed E-state index contributed by atoms with van der Waals surface area (Å²) in [4.78, 5) is 12.2. The van der Waals surface area contributed by atoms with Gasteiger partial charge in [-0.15, -0.1) is 0 Å². The van der Waals surface area contributed by atoms with Gasteiger partial charge in [0.1, 0.15) is 11.5 Å². The maximum Gasteiger partial charge on any atom is 0.417 e. The number of rotatable bonds is 1. The summed E-state index contributed by atoms with van der Waals surface area (Å²) in [5.41, 5.74) is -1.02. The average molecular weight is 341 g/mol. The minimum atomic E-state index is -4.62. The lowest BCUT2D eigenvalue weighted by Crippen LogP contribution is -2.08. The van der Waals surface area contributed by atoms with Crippen LogP contribution >= 0.6 is 11.6 Å². The van der Waals surface area contributed by atoms with Crippen LogP contribution in [-0.4, -0.2) is 10.9 Å². The van der Waals surface area contributed by atoms with Gasteiger partial charge < -0.3 is 9.84 Å². The summed E-state index contributed by atoms with van der Waals surface area (Å²) in [6.45, 7) is 0. The number of halogens is 4. The summed E-state index contributed by atoms with van der Waals surface area (Å²) in [6.07, 6.45) is -3.61. The van der Waals surface area contributed by atoms with Gasteiger partial charge in [0.25, 0.3) is 0 Å². The molecule has 1 aliphatic rings. The Kier molecular flexibility index (Phi) is 3.56. The van der Waals surface area contributed by atoms with E-state index in [4.69, 9.17) is 16.3 Å². The molecule has 3 nitrogen and oxygen atoms in total. The van der Waals surface area contributed by atoms with Crippen LogP contribution in [0.2, 0.25) is 5.02 Å². The highest BCUT2D eigenvalue weighted by Crippen LogP contribution is 2.38. The van der Waals surface area contributed by atoms with E-state index in [1.165, 1.54) is 24.3 Å². The van der Waals surface area contributed by atoms with Gasteiger partial charge in [0, 0.05) is 11.1 Å². The van der Waals surface area contributed by atoms with E-state index in [2.05, 4.69) is 0 Å². The number of phenols is 1. The van der Waals surface area contributed by atoms with E-state index in [-0.39, 0.29) is 33.4 Å². The standard InChI is InChI=1S/C16H8ClF3O3/c17-9-2-1-8(12(6-9)16(18,19)20)5-14-15(22)11-4-3-10(21)7-13(11)23-14/h1-7,21H. The Balaban J connectivity index is 2.06. The van der Waals surface area contributed by atoms with Gasteiger partial charge in [-0.05, 0) is 35.9 Å². The fraction of sp³-hybridized carbons (Fsp3) is 0.0625. The molecular weight excluding hydrogens is 333 g/mol. The number of phenolic OH excluding ortho intramolecular Hbond substituents is 1.